The van der Waals surface area contributed by atoms with Crippen LogP contribution in [-0.2, 0) is 21.4 Å². The summed E-state index contributed by atoms with van der Waals surface area (Å²) in [6, 6.07) is 7.96. The van der Waals surface area contributed by atoms with Gasteiger partial charge in [0.05, 0.1) is 19.1 Å². The van der Waals surface area contributed by atoms with Crippen LogP contribution in [-0.4, -0.2) is 39.5 Å². The number of ether oxygens (including phenoxy) is 1. The van der Waals surface area contributed by atoms with Crippen molar-refractivity contribution in [2.75, 3.05) is 7.11 Å². The predicted octanol–water partition coefficient (Wildman–Crippen LogP) is 1.80. The van der Waals surface area contributed by atoms with Crippen molar-refractivity contribution < 1.29 is 24.2 Å². The predicted molar refractivity (Wildman–Crippen MR) is 87.9 cm³/mol. The largest absolute Gasteiger partial charge is 0.507 e. The summed E-state index contributed by atoms with van der Waals surface area (Å²) >= 11 is 0. The molecule has 1 aliphatic carbocycles. The van der Waals surface area contributed by atoms with Gasteiger partial charge in [-0.05, 0) is 6.07 Å². The molecule has 0 fully saturated rings. The van der Waals surface area contributed by atoms with Crippen LogP contribution in [0.15, 0.2) is 42.1 Å². The maximum atomic E-state index is 12.7. The molecular formula is C18H16N2O5. The molecule has 1 unspecified atom stereocenters. The Bertz CT molecular complexity index is 910. The highest BCUT2D eigenvalue weighted by molar-refractivity contribution is 6.52. The van der Waals surface area contributed by atoms with Gasteiger partial charge in [0, 0.05) is 36.0 Å². The van der Waals surface area contributed by atoms with E-state index < -0.39 is 23.5 Å². The van der Waals surface area contributed by atoms with Crippen LogP contribution in [0.1, 0.15) is 34.0 Å². The Hall–Kier alpha value is -3.22. The van der Waals surface area contributed by atoms with E-state index in [4.69, 9.17) is 4.74 Å². The maximum Gasteiger partial charge on any atom is 0.306 e. The molecule has 7 heteroatoms. The fourth-order valence-corrected chi connectivity index (χ4v) is 3.04. The normalized spacial score (nSPS) is 15.1. The van der Waals surface area contributed by atoms with Crippen molar-refractivity contribution in [3.8, 4) is 0 Å². The number of hydrogen-bond donors (Lipinski definition) is 1. The SMILES string of the molecule is COC(=O)CC(C1=C(O)c2ccccc2C(=O)C1=O)c1ccnn1C. The van der Waals surface area contributed by atoms with E-state index in [2.05, 4.69) is 5.10 Å². The van der Waals surface area contributed by atoms with Crippen molar-refractivity contribution in [3.63, 3.8) is 0 Å². The summed E-state index contributed by atoms with van der Waals surface area (Å²) in [6.07, 6.45) is 1.32. The minimum Gasteiger partial charge on any atom is -0.507 e. The van der Waals surface area contributed by atoms with Gasteiger partial charge in [-0.3, -0.25) is 19.1 Å². The number of Topliss-reactive ketones (excluding diaryl/α,β-unsaturated/α-hetero) is 2. The first-order valence-corrected chi connectivity index (χ1v) is 7.62. The summed E-state index contributed by atoms with van der Waals surface area (Å²) in [5, 5.41) is 14.7. The lowest BCUT2D eigenvalue weighted by molar-refractivity contribution is -0.140. The highest BCUT2D eigenvalue weighted by Gasteiger charge is 2.39. The van der Waals surface area contributed by atoms with Crippen molar-refractivity contribution in [2.45, 2.75) is 12.3 Å². The third-order valence-electron chi connectivity index (χ3n) is 4.30. The number of methoxy groups -OCH3 is 1. The third kappa shape index (κ3) is 2.73. The molecule has 0 amide bonds. The topological polar surface area (TPSA) is 98.5 Å². The number of carbonyl (C=O) groups excluding carboxylic acids is 3. The van der Waals surface area contributed by atoms with Crippen molar-refractivity contribution >= 4 is 23.3 Å². The number of allylic oxidation sites excluding steroid dienone is 1. The fourth-order valence-electron chi connectivity index (χ4n) is 3.04. The number of aliphatic hydroxyl groups is 1. The Morgan fingerprint density at radius 3 is 2.48 bits per heavy atom. The molecule has 1 atom stereocenters. The van der Waals surface area contributed by atoms with Crippen LogP contribution in [0, 0.1) is 0 Å². The summed E-state index contributed by atoms with van der Waals surface area (Å²) in [7, 11) is 2.89. The Morgan fingerprint density at radius 1 is 1.20 bits per heavy atom. The number of nitrogens with zero attached hydrogens (tertiary/aromatic N) is 2. The van der Waals surface area contributed by atoms with Gasteiger partial charge in [0.25, 0.3) is 0 Å². The number of aliphatic hydroxyl groups excluding tert-OH is 1. The van der Waals surface area contributed by atoms with Gasteiger partial charge < -0.3 is 9.84 Å². The molecule has 1 N–H and O–H groups in total. The second kappa shape index (κ2) is 6.35. The number of rotatable bonds is 4. The maximum absolute atomic E-state index is 12.7. The number of benzene rings is 1. The second-order valence-electron chi connectivity index (χ2n) is 5.68. The number of carbonyl (C=O) groups is 3. The molecule has 128 valence electrons. The number of fused-ring (bicyclic) bond motifs is 1. The minimum atomic E-state index is -0.843. The van der Waals surface area contributed by atoms with E-state index >= 15 is 0 Å². The van der Waals surface area contributed by atoms with E-state index in [-0.39, 0.29) is 28.9 Å². The number of ketones is 2. The average Bonchev–Trinajstić information content (AvgIpc) is 3.04. The average molecular weight is 340 g/mol. The molecule has 0 bridgehead atoms. The lowest BCUT2D eigenvalue weighted by Crippen LogP contribution is -2.29. The second-order valence-corrected chi connectivity index (χ2v) is 5.68. The van der Waals surface area contributed by atoms with Crippen molar-refractivity contribution in [3.05, 3.63) is 58.9 Å². The van der Waals surface area contributed by atoms with E-state index in [1.54, 1.807) is 31.3 Å². The first-order valence-electron chi connectivity index (χ1n) is 7.62. The Morgan fingerprint density at radius 2 is 1.88 bits per heavy atom. The summed E-state index contributed by atoms with van der Waals surface area (Å²) in [4.78, 5) is 37.0. The molecule has 0 aliphatic heterocycles. The third-order valence-corrected chi connectivity index (χ3v) is 4.30. The van der Waals surface area contributed by atoms with E-state index in [1.165, 1.54) is 24.1 Å². The van der Waals surface area contributed by atoms with E-state index in [9.17, 15) is 19.5 Å². The van der Waals surface area contributed by atoms with Gasteiger partial charge in [0.15, 0.2) is 0 Å². The molecule has 2 aromatic rings. The number of aromatic nitrogens is 2. The zero-order valence-corrected chi connectivity index (χ0v) is 13.7. The molecule has 0 saturated carbocycles. The number of esters is 1. The highest BCUT2D eigenvalue weighted by Crippen LogP contribution is 2.37. The molecule has 25 heavy (non-hydrogen) atoms. The van der Waals surface area contributed by atoms with E-state index in [1.807, 2.05) is 0 Å². The summed E-state index contributed by atoms with van der Waals surface area (Å²) < 4.78 is 6.20. The van der Waals surface area contributed by atoms with Crippen LogP contribution in [0.5, 0.6) is 0 Å². The van der Waals surface area contributed by atoms with Crippen LogP contribution in [0.2, 0.25) is 0 Å². The zero-order valence-electron chi connectivity index (χ0n) is 13.7. The van der Waals surface area contributed by atoms with Gasteiger partial charge in [-0.2, -0.15) is 5.10 Å². The Labute approximate surface area is 143 Å². The van der Waals surface area contributed by atoms with Gasteiger partial charge in [-0.15, -0.1) is 0 Å². The molecule has 1 aromatic carbocycles. The van der Waals surface area contributed by atoms with Crippen LogP contribution in [0.3, 0.4) is 0 Å². The van der Waals surface area contributed by atoms with Gasteiger partial charge in [0.1, 0.15) is 5.76 Å². The van der Waals surface area contributed by atoms with Gasteiger partial charge in [-0.25, -0.2) is 0 Å². The minimum absolute atomic E-state index is 0.113. The van der Waals surface area contributed by atoms with E-state index in [0.29, 0.717) is 5.69 Å². The number of hydrogen-bond acceptors (Lipinski definition) is 6. The molecule has 1 aliphatic rings. The molecule has 0 spiro atoms. The monoisotopic (exact) mass is 340 g/mol. The summed E-state index contributed by atoms with van der Waals surface area (Å²) in [5.74, 6) is -3.24. The zero-order chi connectivity index (χ0) is 18.1. The van der Waals surface area contributed by atoms with Gasteiger partial charge in [0.2, 0.25) is 11.6 Å². The molecule has 0 saturated heterocycles. The smallest absolute Gasteiger partial charge is 0.306 e. The van der Waals surface area contributed by atoms with Gasteiger partial charge >= 0.3 is 5.97 Å². The summed E-state index contributed by atoms with van der Waals surface area (Å²) in [5.41, 5.74) is 0.833. The Balaban J connectivity index is 2.21. The first-order chi connectivity index (χ1) is 12.0. The van der Waals surface area contributed by atoms with Crippen LogP contribution in [0.4, 0.5) is 0 Å². The molecule has 0 radical (unpaired) electrons. The lowest BCUT2D eigenvalue weighted by Gasteiger charge is -2.24. The highest BCUT2D eigenvalue weighted by atomic mass is 16.5. The lowest BCUT2D eigenvalue weighted by atomic mass is 9.80. The molecule has 3 rings (SSSR count). The van der Waals surface area contributed by atoms with Crippen molar-refractivity contribution in [1.29, 1.82) is 0 Å². The Kier molecular flexibility index (Phi) is 4.22. The van der Waals surface area contributed by atoms with Crippen LogP contribution in [0.25, 0.3) is 5.76 Å². The first kappa shape index (κ1) is 16.6. The van der Waals surface area contributed by atoms with Crippen LogP contribution >= 0.6 is 0 Å². The van der Waals surface area contributed by atoms with Crippen molar-refractivity contribution in [1.82, 2.24) is 9.78 Å². The summed E-state index contributed by atoms with van der Waals surface area (Å²) in [6.45, 7) is 0. The quantitative estimate of drug-likeness (QED) is 0.673. The standard InChI is InChI=1S/C18H16N2O5/c1-20-13(7-8-19-20)12(9-14(21)25-2)15-16(22)10-5-3-4-6-11(10)17(23)18(15)24/h3-8,12,22H,9H2,1-2H3. The van der Waals surface area contributed by atoms with Crippen LogP contribution < -0.4 is 0 Å². The fraction of sp³-hybridized carbons (Fsp3) is 0.222. The number of aryl methyl sites for hydroxylation is 1. The molecule has 1 heterocycles. The van der Waals surface area contributed by atoms with E-state index in [0.717, 1.165) is 0 Å². The van der Waals surface area contributed by atoms with Gasteiger partial charge in [-0.1, -0.05) is 24.3 Å². The molecule has 7 nitrogen and oxygen atoms in total. The molecular weight excluding hydrogens is 324 g/mol. The van der Waals surface area contributed by atoms with Crippen molar-refractivity contribution in [2.24, 2.45) is 7.05 Å². The molecule has 1 aromatic heterocycles.